The maximum atomic E-state index is 11.5. The third-order valence-corrected chi connectivity index (χ3v) is 2.47. The molecule has 0 unspecified atom stereocenters. The van der Waals surface area contributed by atoms with E-state index in [1.165, 1.54) is 12.1 Å². The van der Waals surface area contributed by atoms with E-state index in [2.05, 4.69) is 5.32 Å². The molecule has 86 valence electrons. The zero-order valence-corrected chi connectivity index (χ0v) is 8.89. The van der Waals surface area contributed by atoms with Gasteiger partial charge in [-0.15, -0.1) is 0 Å². The van der Waals surface area contributed by atoms with Crippen LogP contribution in [0.5, 0.6) is 0 Å². The van der Waals surface area contributed by atoms with Crippen LogP contribution < -0.4 is 5.32 Å². The molecular weight excluding hydrogens is 224 g/mol. The van der Waals surface area contributed by atoms with Gasteiger partial charge >= 0.3 is 0 Å². The van der Waals surface area contributed by atoms with Gasteiger partial charge in [-0.2, -0.15) is 0 Å². The van der Waals surface area contributed by atoms with Gasteiger partial charge in [0.05, 0.1) is 16.1 Å². The Balaban J connectivity index is 2.67. The zero-order chi connectivity index (χ0) is 12.6. The Morgan fingerprint density at radius 1 is 1.29 bits per heavy atom. The first-order chi connectivity index (χ1) is 8.00. The highest BCUT2D eigenvalue weighted by Crippen LogP contribution is 2.30. The van der Waals surface area contributed by atoms with Gasteiger partial charge < -0.3 is 0 Å². The van der Waals surface area contributed by atoms with Gasteiger partial charge in [0.1, 0.15) is 0 Å². The van der Waals surface area contributed by atoms with Crippen molar-refractivity contribution in [3.05, 3.63) is 45.5 Å². The molecule has 1 aliphatic heterocycles. The fourth-order valence-corrected chi connectivity index (χ4v) is 1.75. The Bertz CT molecular complexity index is 575. The van der Waals surface area contributed by atoms with Crippen molar-refractivity contribution in [1.29, 1.82) is 0 Å². The first-order valence-electron chi connectivity index (χ1n) is 4.82. The van der Waals surface area contributed by atoms with Crippen molar-refractivity contribution in [2.45, 2.75) is 6.92 Å². The minimum atomic E-state index is -0.604. The molecule has 0 saturated heterocycles. The smallest absolute Gasteiger partial charge is 0.277 e. The van der Waals surface area contributed by atoms with Crippen molar-refractivity contribution in [1.82, 2.24) is 5.32 Å². The molecule has 0 spiro atoms. The maximum Gasteiger partial charge on any atom is 0.277 e. The predicted molar refractivity (Wildman–Crippen MR) is 59.0 cm³/mol. The van der Waals surface area contributed by atoms with Gasteiger partial charge in [0.15, 0.2) is 0 Å². The maximum absolute atomic E-state index is 11.5. The van der Waals surface area contributed by atoms with Crippen molar-refractivity contribution in [2.24, 2.45) is 0 Å². The molecule has 0 fully saturated rings. The topological polar surface area (TPSA) is 89.3 Å². The number of hydrogen-bond acceptors (Lipinski definition) is 4. The third-order valence-electron chi connectivity index (χ3n) is 2.47. The molecular formula is C11H8N2O4. The van der Waals surface area contributed by atoms with Crippen molar-refractivity contribution in [3.8, 4) is 0 Å². The van der Waals surface area contributed by atoms with Crippen molar-refractivity contribution in [3.63, 3.8) is 0 Å². The van der Waals surface area contributed by atoms with E-state index in [1.807, 2.05) is 0 Å². The Kier molecular flexibility index (Phi) is 2.47. The summed E-state index contributed by atoms with van der Waals surface area (Å²) in [6.45, 7) is 1.65. The first kappa shape index (κ1) is 11.0. The average Bonchev–Trinajstić information content (AvgIpc) is 2.57. The van der Waals surface area contributed by atoms with Gasteiger partial charge in [0.25, 0.3) is 17.5 Å². The summed E-state index contributed by atoms with van der Waals surface area (Å²) in [6.07, 6.45) is 1.08. The SMILES string of the molecule is Cc1cccc([N+](=O)[O-])c1C1=CC(=O)NC1=O. The molecule has 1 aromatic rings. The van der Waals surface area contributed by atoms with E-state index >= 15 is 0 Å². The van der Waals surface area contributed by atoms with E-state index in [4.69, 9.17) is 0 Å². The fraction of sp³-hybridized carbons (Fsp3) is 0.0909. The second-order valence-corrected chi connectivity index (χ2v) is 3.60. The largest absolute Gasteiger partial charge is 0.289 e. The van der Waals surface area contributed by atoms with Crippen LogP contribution >= 0.6 is 0 Å². The molecule has 1 aromatic carbocycles. The van der Waals surface area contributed by atoms with Gasteiger partial charge in [-0.3, -0.25) is 25.0 Å². The van der Waals surface area contributed by atoms with Crippen LogP contribution in [0.15, 0.2) is 24.3 Å². The van der Waals surface area contributed by atoms with Crippen LogP contribution in [0.25, 0.3) is 5.57 Å². The van der Waals surface area contributed by atoms with E-state index in [1.54, 1.807) is 13.0 Å². The number of benzene rings is 1. The minimum absolute atomic E-state index is 0.0415. The second kappa shape index (κ2) is 3.82. The highest BCUT2D eigenvalue weighted by molar-refractivity contribution is 6.34. The molecule has 0 bridgehead atoms. The van der Waals surface area contributed by atoms with E-state index in [0.717, 1.165) is 6.08 Å². The van der Waals surface area contributed by atoms with Gasteiger partial charge in [0.2, 0.25) is 0 Å². The first-order valence-corrected chi connectivity index (χ1v) is 4.82. The molecule has 17 heavy (non-hydrogen) atoms. The fourth-order valence-electron chi connectivity index (χ4n) is 1.75. The van der Waals surface area contributed by atoms with Crippen LogP contribution in [0.4, 0.5) is 5.69 Å². The molecule has 0 aromatic heterocycles. The second-order valence-electron chi connectivity index (χ2n) is 3.60. The van der Waals surface area contributed by atoms with Crippen molar-refractivity contribution < 1.29 is 14.5 Å². The van der Waals surface area contributed by atoms with Gasteiger partial charge in [-0.05, 0) is 12.5 Å². The Morgan fingerprint density at radius 2 is 2.00 bits per heavy atom. The normalized spacial score (nSPS) is 14.5. The molecule has 0 atom stereocenters. The number of carbonyl (C=O) groups is 2. The number of nitro benzene ring substituents is 1. The summed E-state index contributed by atoms with van der Waals surface area (Å²) in [7, 11) is 0. The Labute approximate surface area is 96.1 Å². The lowest BCUT2D eigenvalue weighted by Crippen LogP contribution is -2.22. The molecule has 0 aliphatic carbocycles. The summed E-state index contributed by atoms with van der Waals surface area (Å²) in [5, 5.41) is 12.9. The molecule has 2 amide bonds. The molecule has 1 heterocycles. The summed E-state index contributed by atoms with van der Waals surface area (Å²) in [5.74, 6) is -1.16. The van der Waals surface area contributed by atoms with Crippen LogP contribution in [0.2, 0.25) is 0 Å². The number of nitrogens with zero attached hydrogens (tertiary/aromatic N) is 1. The molecule has 6 heteroatoms. The molecule has 0 radical (unpaired) electrons. The number of amides is 2. The van der Waals surface area contributed by atoms with Crippen molar-refractivity contribution >= 4 is 23.1 Å². The molecule has 0 saturated carbocycles. The Hall–Kier alpha value is -2.50. The number of aryl methyl sites for hydroxylation is 1. The average molecular weight is 232 g/mol. The van der Waals surface area contributed by atoms with Crippen LogP contribution in [-0.2, 0) is 9.59 Å². The number of hydrogen-bond donors (Lipinski definition) is 1. The summed E-state index contributed by atoms with van der Waals surface area (Å²) < 4.78 is 0. The summed E-state index contributed by atoms with van der Waals surface area (Å²) in [6, 6.07) is 4.49. The molecule has 1 aliphatic rings. The van der Waals surface area contributed by atoms with E-state index in [-0.39, 0.29) is 16.8 Å². The molecule has 6 nitrogen and oxygen atoms in total. The highest BCUT2D eigenvalue weighted by Gasteiger charge is 2.29. The number of carbonyl (C=O) groups excluding carboxylic acids is 2. The van der Waals surface area contributed by atoms with Crippen LogP contribution in [0.1, 0.15) is 11.1 Å². The molecule has 2 rings (SSSR count). The number of imide groups is 1. The lowest BCUT2D eigenvalue weighted by molar-refractivity contribution is -0.385. The van der Waals surface area contributed by atoms with E-state index in [9.17, 15) is 19.7 Å². The zero-order valence-electron chi connectivity index (χ0n) is 8.89. The van der Waals surface area contributed by atoms with E-state index in [0.29, 0.717) is 5.56 Å². The number of nitro groups is 1. The number of nitrogens with one attached hydrogen (secondary N) is 1. The monoisotopic (exact) mass is 232 g/mol. The quantitative estimate of drug-likeness (QED) is 0.467. The lowest BCUT2D eigenvalue weighted by atomic mass is 9.99. The van der Waals surface area contributed by atoms with Crippen LogP contribution in [0.3, 0.4) is 0 Å². The Morgan fingerprint density at radius 3 is 2.53 bits per heavy atom. The minimum Gasteiger partial charge on any atom is -0.289 e. The predicted octanol–water partition coefficient (Wildman–Crippen LogP) is 0.943. The van der Waals surface area contributed by atoms with Crippen LogP contribution in [0, 0.1) is 17.0 Å². The van der Waals surface area contributed by atoms with Gasteiger partial charge in [-0.1, -0.05) is 12.1 Å². The number of rotatable bonds is 2. The lowest BCUT2D eigenvalue weighted by Gasteiger charge is -2.05. The highest BCUT2D eigenvalue weighted by atomic mass is 16.6. The third kappa shape index (κ3) is 1.80. The summed E-state index contributed by atoms with van der Waals surface area (Å²) in [5.41, 5.74) is 0.636. The van der Waals surface area contributed by atoms with Crippen LogP contribution in [-0.4, -0.2) is 16.7 Å². The van der Waals surface area contributed by atoms with Gasteiger partial charge in [0, 0.05) is 12.1 Å². The summed E-state index contributed by atoms with van der Waals surface area (Å²) in [4.78, 5) is 32.9. The van der Waals surface area contributed by atoms with Crippen molar-refractivity contribution in [2.75, 3.05) is 0 Å². The molecule has 1 N–H and O–H groups in total. The van der Waals surface area contributed by atoms with E-state index < -0.39 is 16.7 Å². The van der Waals surface area contributed by atoms with Gasteiger partial charge in [-0.25, -0.2) is 0 Å². The summed E-state index contributed by atoms with van der Waals surface area (Å²) >= 11 is 0. The standard InChI is InChI=1S/C11H8N2O4/c1-6-3-2-4-8(13(16)17)10(6)7-5-9(14)12-11(7)15/h2-5H,1H3,(H,12,14,15).